The summed E-state index contributed by atoms with van der Waals surface area (Å²) in [4.78, 5) is 0. The van der Waals surface area contributed by atoms with Gasteiger partial charge in [0.15, 0.2) is 0 Å². The fourth-order valence-electron chi connectivity index (χ4n) is 0.802. The van der Waals surface area contributed by atoms with E-state index in [1.54, 1.807) is 0 Å². The molecule has 0 aromatic carbocycles. The first-order chi connectivity index (χ1) is 7.24. The second-order valence-corrected chi connectivity index (χ2v) is 3.04. The maximum Gasteiger partial charge on any atom is -0.00489 e. The van der Waals surface area contributed by atoms with E-state index in [4.69, 9.17) is 17.2 Å². The van der Waals surface area contributed by atoms with Gasteiger partial charge in [-0.25, -0.2) is 0 Å². The normalized spacial score (nSPS) is 13.2. The summed E-state index contributed by atoms with van der Waals surface area (Å²) in [5.74, 6) is 0. The molecule has 1 rings (SSSR count). The van der Waals surface area contributed by atoms with E-state index in [1.165, 1.54) is 32.4 Å². The van der Waals surface area contributed by atoms with Gasteiger partial charge in [0.05, 0.1) is 0 Å². The minimum Gasteiger partial charge on any atom is -0.331 e. The summed E-state index contributed by atoms with van der Waals surface area (Å²) < 4.78 is 0. The Hall–Kier alpha value is -0.160. The van der Waals surface area contributed by atoms with E-state index in [2.05, 4.69) is 5.32 Å². The number of hydrogen-bond acceptors (Lipinski definition) is 4. The molecule has 1 aliphatic heterocycles. The molecule has 4 heteroatoms. The van der Waals surface area contributed by atoms with Crippen LogP contribution >= 0.6 is 0 Å². The topological polar surface area (TPSA) is 90.1 Å². The highest BCUT2D eigenvalue weighted by Gasteiger charge is 1.93. The molecule has 0 aromatic rings. The highest BCUT2D eigenvalue weighted by atomic mass is 14.9. The molecule has 7 N–H and O–H groups in total. The molecule has 0 bridgehead atoms. The van der Waals surface area contributed by atoms with E-state index in [-0.39, 0.29) is 0 Å². The number of rotatable bonds is 0. The van der Waals surface area contributed by atoms with E-state index in [1.807, 2.05) is 20.8 Å². The van der Waals surface area contributed by atoms with Crippen LogP contribution in [0.5, 0.6) is 0 Å². The van der Waals surface area contributed by atoms with Gasteiger partial charge in [0.1, 0.15) is 0 Å². The average molecular weight is 220 g/mol. The van der Waals surface area contributed by atoms with Gasteiger partial charge in [-0.2, -0.15) is 0 Å². The molecule has 0 radical (unpaired) electrons. The fraction of sp³-hybridized carbons (Fsp3) is 1.00. The first-order valence-electron chi connectivity index (χ1n) is 6.05. The lowest BCUT2D eigenvalue weighted by atomic mass is 10.2. The van der Waals surface area contributed by atoms with Crippen LogP contribution < -0.4 is 22.5 Å². The molecule has 15 heavy (non-hydrogen) atoms. The van der Waals surface area contributed by atoms with Crippen molar-refractivity contribution in [2.24, 2.45) is 17.2 Å². The largest absolute Gasteiger partial charge is 0.331 e. The molecule has 0 unspecified atom stereocenters. The van der Waals surface area contributed by atoms with Gasteiger partial charge in [0, 0.05) is 0 Å². The van der Waals surface area contributed by atoms with Gasteiger partial charge < -0.3 is 22.5 Å². The van der Waals surface area contributed by atoms with Crippen molar-refractivity contribution in [2.45, 2.75) is 40.0 Å². The van der Waals surface area contributed by atoms with Gasteiger partial charge in [-0.3, -0.25) is 0 Å². The van der Waals surface area contributed by atoms with Crippen molar-refractivity contribution in [1.29, 1.82) is 0 Å². The molecule has 0 atom stereocenters. The molecule has 0 aromatic heterocycles. The van der Waals surface area contributed by atoms with Crippen molar-refractivity contribution in [2.75, 3.05) is 32.7 Å². The van der Waals surface area contributed by atoms with Gasteiger partial charge in [-0.15, -0.1) is 0 Å². The third-order valence-electron chi connectivity index (χ3n) is 1.21. The zero-order chi connectivity index (χ0) is 12.4. The Labute approximate surface area is 96.0 Å². The van der Waals surface area contributed by atoms with Crippen LogP contribution in [-0.2, 0) is 0 Å². The predicted molar refractivity (Wildman–Crippen MR) is 70.9 cm³/mol. The standard InChI is InChI=1S/C5H11N.3C2H7N/c1-2-4-6-5-3-1;3*1-2-3/h6H,1-5H2;3*2-3H2,1H3. The lowest BCUT2D eigenvalue weighted by Crippen LogP contribution is -2.21. The smallest absolute Gasteiger partial charge is 0.00489 e. The Morgan fingerprint density at radius 1 is 0.733 bits per heavy atom. The average Bonchev–Trinajstić information content (AvgIpc) is 2.24. The summed E-state index contributed by atoms with van der Waals surface area (Å²) in [6, 6.07) is 0. The fourth-order valence-corrected chi connectivity index (χ4v) is 0.802. The molecule has 0 amide bonds. The second-order valence-electron chi connectivity index (χ2n) is 3.04. The number of nitrogens with one attached hydrogen (secondary N) is 1. The molecule has 1 heterocycles. The van der Waals surface area contributed by atoms with Crippen molar-refractivity contribution >= 4 is 0 Å². The van der Waals surface area contributed by atoms with Crippen LogP contribution in [-0.4, -0.2) is 32.7 Å². The summed E-state index contributed by atoms with van der Waals surface area (Å²) >= 11 is 0. The molecule has 0 saturated carbocycles. The van der Waals surface area contributed by atoms with Crippen LogP contribution in [0.3, 0.4) is 0 Å². The van der Waals surface area contributed by atoms with Crippen LogP contribution in [0.2, 0.25) is 0 Å². The van der Waals surface area contributed by atoms with Gasteiger partial charge in [0.25, 0.3) is 0 Å². The highest BCUT2D eigenvalue weighted by molar-refractivity contribution is 4.55. The predicted octanol–water partition coefficient (Wildman–Crippen LogP) is 0.655. The summed E-state index contributed by atoms with van der Waals surface area (Å²) in [5, 5.41) is 3.28. The number of piperidine rings is 1. The van der Waals surface area contributed by atoms with E-state index >= 15 is 0 Å². The van der Waals surface area contributed by atoms with E-state index in [9.17, 15) is 0 Å². The van der Waals surface area contributed by atoms with E-state index in [0.29, 0.717) is 0 Å². The molecule has 1 aliphatic rings. The minimum absolute atomic E-state index is 0.750. The minimum atomic E-state index is 0.750. The molecule has 4 nitrogen and oxygen atoms in total. The molecule has 0 spiro atoms. The van der Waals surface area contributed by atoms with Crippen molar-refractivity contribution in [3.05, 3.63) is 0 Å². The third kappa shape index (κ3) is 56.9. The summed E-state index contributed by atoms with van der Waals surface area (Å²) in [6.07, 6.45) is 4.22. The zero-order valence-electron chi connectivity index (χ0n) is 10.9. The first-order valence-corrected chi connectivity index (χ1v) is 6.05. The molecule has 0 aliphatic carbocycles. The van der Waals surface area contributed by atoms with Crippen molar-refractivity contribution in [3.8, 4) is 0 Å². The van der Waals surface area contributed by atoms with Crippen molar-refractivity contribution < 1.29 is 0 Å². The Balaban J connectivity index is -0.000000140. The van der Waals surface area contributed by atoms with Crippen LogP contribution in [0, 0.1) is 0 Å². The molecular weight excluding hydrogens is 188 g/mol. The molecular formula is C11H32N4. The molecule has 96 valence electrons. The van der Waals surface area contributed by atoms with Crippen LogP contribution in [0.25, 0.3) is 0 Å². The summed E-state index contributed by atoms with van der Waals surface area (Å²) in [6.45, 7) is 10.5. The Bertz CT molecular complexity index is 49.3. The van der Waals surface area contributed by atoms with Crippen LogP contribution in [0.4, 0.5) is 0 Å². The van der Waals surface area contributed by atoms with Crippen LogP contribution in [0.15, 0.2) is 0 Å². The Morgan fingerprint density at radius 3 is 1.07 bits per heavy atom. The van der Waals surface area contributed by atoms with Gasteiger partial charge in [-0.1, -0.05) is 27.2 Å². The molecule has 1 fully saturated rings. The quantitative estimate of drug-likeness (QED) is 0.482. The number of nitrogens with two attached hydrogens (primary N) is 3. The lowest BCUT2D eigenvalue weighted by Gasteiger charge is -2.08. The maximum atomic E-state index is 4.85. The first kappa shape index (κ1) is 20.3. The zero-order valence-corrected chi connectivity index (χ0v) is 10.9. The van der Waals surface area contributed by atoms with Gasteiger partial charge in [0.2, 0.25) is 0 Å². The highest BCUT2D eigenvalue weighted by Crippen LogP contribution is 1.96. The van der Waals surface area contributed by atoms with Gasteiger partial charge >= 0.3 is 0 Å². The van der Waals surface area contributed by atoms with Crippen molar-refractivity contribution in [1.82, 2.24) is 5.32 Å². The summed E-state index contributed by atoms with van der Waals surface area (Å²) in [7, 11) is 0. The van der Waals surface area contributed by atoms with E-state index in [0.717, 1.165) is 19.6 Å². The summed E-state index contributed by atoms with van der Waals surface area (Å²) in [5.41, 5.74) is 14.5. The second kappa shape index (κ2) is 29.2. The lowest BCUT2D eigenvalue weighted by molar-refractivity contribution is 0.520. The van der Waals surface area contributed by atoms with E-state index < -0.39 is 0 Å². The number of hydrogen-bond donors (Lipinski definition) is 4. The Morgan fingerprint density at radius 2 is 1.00 bits per heavy atom. The third-order valence-corrected chi connectivity index (χ3v) is 1.21. The van der Waals surface area contributed by atoms with Crippen molar-refractivity contribution in [3.63, 3.8) is 0 Å². The van der Waals surface area contributed by atoms with Crippen LogP contribution in [0.1, 0.15) is 40.0 Å². The molecule has 1 saturated heterocycles. The van der Waals surface area contributed by atoms with Gasteiger partial charge in [-0.05, 0) is 45.6 Å². The SMILES string of the molecule is C1CCNCC1.CCN.CCN.CCN. The monoisotopic (exact) mass is 220 g/mol. The maximum absolute atomic E-state index is 4.85. The Kier molecular flexibility index (Phi) is 39.5.